The van der Waals surface area contributed by atoms with Gasteiger partial charge in [0.2, 0.25) is 0 Å². The zero-order valence-corrected chi connectivity index (χ0v) is 19.5. The van der Waals surface area contributed by atoms with Crippen LogP contribution >= 0.6 is 0 Å². The summed E-state index contributed by atoms with van der Waals surface area (Å²) in [5, 5.41) is 7.20. The molecule has 0 atom stereocenters. The monoisotopic (exact) mass is 502 g/mol. The highest BCUT2D eigenvalue weighted by molar-refractivity contribution is 6.02. The number of aryl methyl sites for hydroxylation is 3. The van der Waals surface area contributed by atoms with Crippen LogP contribution in [0.15, 0.2) is 54.9 Å². The molecule has 12 heteroatoms. The molecule has 2 aromatic carbocycles. The van der Waals surface area contributed by atoms with Crippen LogP contribution in [0, 0.1) is 19.7 Å². The van der Waals surface area contributed by atoms with Gasteiger partial charge in [0.15, 0.2) is 0 Å². The van der Waals surface area contributed by atoms with Gasteiger partial charge in [-0.2, -0.15) is 14.9 Å². The van der Waals surface area contributed by atoms with Crippen molar-refractivity contribution in [2.75, 3.05) is 0 Å². The first-order chi connectivity index (χ1) is 16.8. The summed E-state index contributed by atoms with van der Waals surface area (Å²) < 4.78 is 50.6. The van der Waals surface area contributed by atoms with E-state index >= 15 is 0 Å². The number of primary amides is 2. The van der Waals surface area contributed by atoms with Gasteiger partial charge >= 0.3 is 6.30 Å². The van der Waals surface area contributed by atoms with Gasteiger partial charge in [0.25, 0.3) is 11.8 Å². The fourth-order valence-corrected chi connectivity index (χ4v) is 3.55. The third-order valence-corrected chi connectivity index (χ3v) is 5.19. The van der Waals surface area contributed by atoms with Crippen LogP contribution in [0.25, 0.3) is 22.4 Å². The minimum Gasteiger partial charge on any atom is -0.366 e. The molecule has 4 N–H and O–H groups in total. The van der Waals surface area contributed by atoms with E-state index in [9.17, 15) is 27.2 Å². The molecular weight excluding hydrogens is 480 g/mol. The van der Waals surface area contributed by atoms with Crippen molar-refractivity contribution in [3.63, 3.8) is 0 Å². The summed E-state index contributed by atoms with van der Waals surface area (Å²) in [4.78, 5) is 22.2. The first-order valence-electron chi connectivity index (χ1n) is 10.4. The Bertz CT molecular complexity index is 1420. The predicted molar refractivity (Wildman–Crippen MR) is 124 cm³/mol. The fraction of sp³-hybridized carbons (Fsp3) is 0.167. The molecule has 0 unspecified atom stereocenters. The molecular formula is C24H22F4N6O2. The summed E-state index contributed by atoms with van der Waals surface area (Å²) in [6.45, 7) is 3.73. The molecule has 2 aromatic heterocycles. The molecule has 36 heavy (non-hydrogen) atoms. The Labute approximate surface area is 203 Å². The first-order valence-corrected chi connectivity index (χ1v) is 10.4. The summed E-state index contributed by atoms with van der Waals surface area (Å²) >= 11 is 0. The number of nitrogens with zero attached hydrogens (tertiary/aromatic N) is 4. The van der Waals surface area contributed by atoms with Gasteiger partial charge in [0.05, 0.1) is 28.7 Å². The van der Waals surface area contributed by atoms with Crippen molar-refractivity contribution in [3.8, 4) is 22.4 Å². The largest absolute Gasteiger partial charge is 0.504 e. The van der Waals surface area contributed by atoms with Crippen molar-refractivity contribution in [1.29, 1.82) is 0 Å². The van der Waals surface area contributed by atoms with Crippen molar-refractivity contribution >= 4 is 11.8 Å². The van der Waals surface area contributed by atoms with Gasteiger partial charge in [-0.15, -0.1) is 13.2 Å². The quantitative estimate of drug-likeness (QED) is 0.409. The average Bonchev–Trinajstić information content (AvgIpc) is 3.40. The zero-order chi connectivity index (χ0) is 26.8. The summed E-state index contributed by atoms with van der Waals surface area (Å²) in [6.07, 6.45) is -3.31. The van der Waals surface area contributed by atoms with Crippen molar-refractivity contribution in [1.82, 2.24) is 19.6 Å². The summed E-state index contributed by atoms with van der Waals surface area (Å²) in [5.74, 6) is -1.82. The number of aromatic nitrogens is 4. The maximum Gasteiger partial charge on any atom is 0.504 e. The number of alkyl halides is 3. The lowest BCUT2D eigenvalue weighted by atomic mass is 9.94. The van der Waals surface area contributed by atoms with E-state index in [1.165, 1.54) is 12.1 Å². The molecule has 2 heterocycles. The van der Waals surface area contributed by atoms with E-state index in [1.54, 1.807) is 24.7 Å². The van der Waals surface area contributed by atoms with Crippen molar-refractivity contribution in [2.24, 2.45) is 18.5 Å². The zero-order valence-electron chi connectivity index (χ0n) is 19.5. The molecule has 2 amide bonds. The minimum atomic E-state index is -4.60. The van der Waals surface area contributed by atoms with Crippen LogP contribution < -0.4 is 11.5 Å². The third kappa shape index (κ3) is 5.59. The van der Waals surface area contributed by atoms with Gasteiger partial charge < -0.3 is 11.5 Å². The number of amides is 2. The molecule has 0 aliphatic heterocycles. The van der Waals surface area contributed by atoms with Gasteiger partial charge in [-0.05, 0) is 43.2 Å². The van der Waals surface area contributed by atoms with Crippen LogP contribution in [0.1, 0.15) is 32.0 Å². The molecule has 0 aliphatic carbocycles. The molecule has 0 spiro atoms. The van der Waals surface area contributed by atoms with E-state index < -0.39 is 18.1 Å². The Hall–Kier alpha value is -4.48. The second kappa shape index (κ2) is 10.0. The summed E-state index contributed by atoms with van der Waals surface area (Å²) in [6, 6.07) is 12.3. The molecule has 0 saturated heterocycles. The molecule has 8 nitrogen and oxygen atoms in total. The number of nitrogens with two attached hydrogens (primary N) is 2. The first kappa shape index (κ1) is 26.1. The van der Waals surface area contributed by atoms with Crippen LogP contribution in [0.2, 0.25) is 0 Å². The topological polar surface area (TPSA) is 122 Å². The van der Waals surface area contributed by atoms with Crippen molar-refractivity contribution < 1.29 is 27.2 Å². The van der Waals surface area contributed by atoms with E-state index in [2.05, 4.69) is 10.2 Å². The number of halogens is 4. The summed E-state index contributed by atoms with van der Waals surface area (Å²) in [5.41, 5.74) is 14.9. The van der Waals surface area contributed by atoms with Crippen LogP contribution in [0.4, 0.5) is 17.6 Å². The maximum absolute atomic E-state index is 13.9. The molecule has 0 fully saturated rings. The van der Waals surface area contributed by atoms with E-state index in [0.29, 0.717) is 28.7 Å². The number of carbonyl (C=O) groups is 2. The van der Waals surface area contributed by atoms with Gasteiger partial charge in [-0.3, -0.25) is 14.3 Å². The Morgan fingerprint density at radius 3 is 2.08 bits per heavy atom. The number of carbonyl (C=O) groups excluding carboxylic acids is 2. The van der Waals surface area contributed by atoms with Gasteiger partial charge in [0, 0.05) is 18.8 Å². The number of hydrogen-bond acceptors (Lipinski definition) is 4. The van der Waals surface area contributed by atoms with Crippen molar-refractivity contribution in [3.05, 3.63) is 83.1 Å². The Morgan fingerprint density at radius 2 is 1.58 bits per heavy atom. The van der Waals surface area contributed by atoms with E-state index in [4.69, 9.17) is 11.5 Å². The average molecular weight is 502 g/mol. The molecule has 0 saturated carbocycles. The smallest absolute Gasteiger partial charge is 0.366 e. The van der Waals surface area contributed by atoms with Gasteiger partial charge in [-0.1, -0.05) is 29.8 Å². The Morgan fingerprint density at radius 1 is 0.944 bits per heavy atom. The number of hydrogen-bond donors (Lipinski definition) is 2. The lowest BCUT2D eigenvalue weighted by Crippen LogP contribution is -2.17. The standard InChI is InChI=1S/C19H18FN3O.C5H4F3N3O/c1-11-4-6-13(7-5-11)16-10-14(20)8-9-15(16)18-17(19(21)24)12(2)22-23(18)3;6-5(7,8)11-2-3(1-10-11)4(9)12/h4-10H,1-3H3,(H2,21,24);1-2H,(H2,9,12). The summed E-state index contributed by atoms with van der Waals surface area (Å²) in [7, 11) is 1.75. The Kier molecular flexibility index (Phi) is 7.27. The number of benzene rings is 2. The predicted octanol–water partition coefficient (Wildman–Crippen LogP) is 4.07. The van der Waals surface area contributed by atoms with Crippen LogP contribution in [-0.4, -0.2) is 31.4 Å². The van der Waals surface area contributed by atoms with Crippen molar-refractivity contribution in [2.45, 2.75) is 20.1 Å². The van der Waals surface area contributed by atoms with E-state index in [1.807, 2.05) is 31.2 Å². The SMILES string of the molecule is Cc1ccc(-c2cc(F)ccc2-c2c(C(N)=O)c(C)nn2C)cc1.NC(=O)c1cnn(C(F)(F)F)c1. The van der Waals surface area contributed by atoms with Crippen LogP contribution in [0.3, 0.4) is 0 Å². The molecule has 188 valence electrons. The molecule has 4 rings (SSSR count). The minimum absolute atomic E-state index is 0.271. The third-order valence-electron chi connectivity index (χ3n) is 5.19. The normalized spacial score (nSPS) is 11.1. The van der Waals surface area contributed by atoms with Gasteiger partial charge in [-0.25, -0.2) is 4.39 Å². The molecule has 0 radical (unpaired) electrons. The highest BCUT2D eigenvalue weighted by atomic mass is 19.4. The van der Waals surface area contributed by atoms with E-state index in [-0.39, 0.29) is 16.1 Å². The maximum atomic E-state index is 13.9. The van der Waals surface area contributed by atoms with Crippen LogP contribution in [-0.2, 0) is 13.3 Å². The number of rotatable bonds is 4. The lowest BCUT2D eigenvalue weighted by Gasteiger charge is -2.12. The second-order valence-corrected chi connectivity index (χ2v) is 7.86. The molecule has 0 bridgehead atoms. The highest BCUT2D eigenvalue weighted by Crippen LogP contribution is 2.35. The van der Waals surface area contributed by atoms with Crippen LogP contribution in [0.5, 0.6) is 0 Å². The second-order valence-electron chi connectivity index (χ2n) is 7.86. The Balaban J connectivity index is 0.000000253. The molecule has 0 aliphatic rings. The van der Waals surface area contributed by atoms with Gasteiger partial charge in [0.1, 0.15) is 5.82 Å². The molecule has 4 aromatic rings. The lowest BCUT2D eigenvalue weighted by molar-refractivity contribution is -0.212. The fourth-order valence-electron chi connectivity index (χ4n) is 3.55. The highest BCUT2D eigenvalue weighted by Gasteiger charge is 2.32. The van der Waals surface area contributed by atoms with E-state index in [0.717, 1.165) is 22.9 Å².